The van der Waals surface area contributed by atoms with Crippen molar-refractivity contribution < 1.29 is 14.4 Å². The van der Waals surface area contributed by atoms with Crippen LogP contribution in [0.2, 0.25) is 0 Å². The Morgan fingerprint density at radius 3 is 2.33 bits per heavy atom. The number of piperazine rings is 1. The molecule has 1 aromatic carbocycles. The van der Waals surface area contributed by atoms with Gasteiger partial charge in [-0.2, -0.15) is 0 Å². The monoisotopic (exact) mass is 246 g/mol. The maximum atomic E-state index is 11.9. The van der Waals surface area contributed by atoms with Gasteiger partial charge < -0.3 is 4.90 Å². The third-order valence-electron chi connectivity index (χ3n) is 2.77. The molecule has 1 saturated heterocycles. The van der Waals surface area contributed by atoms with Crippen molar-refractivity contribution in [3.05, 3.63) is 35.9 Å². The summed E-state index contributed by atoms with van der Waals surface area (Å²) in [6.45, 7) is -0.0568. The first-order chi connectivity index (χ1) is 8.65. The molecule has 0 aromatic heterocycles. The predicted octanol–water partition coefficient (Wildman–Crippen LogP) is 0.104. The largest absolute Gasteiger partial charge is 0.324 e. The van der Waals surface area contributed by atoms with Crippen molar-refractivity contribution in [1.82, 2.24) is 10.2 Å². The molecule has 0 radical (unpaired) electrons. The van der Waals surface area contributed by atoms with Crippen LogP contribution in [-0.2, 0) is 20.8 Å². The molecule has 1 heterocycles. The average molecular weight is 246 g/mol. The molecule has 5 heteroatoms. The van der Waals surface area contributed by atoms with E-state index in [0.717, 1.165) is 5.56 Å². The standard InChI is InChI=1S/C13H14N2O3/c16-11-8-15(9-12(17)14-11)13(18)7-6-10-4-2-1-3-5-10/h1-5H,6-9H2,(H,14,16,17). The molecule has 0 aliphatic carbocycles. The Morgan fingerprint density at radius 2 is 1.72 bits per heavy atom. The molecule has 0 unspecified atom stereocenters. The number of aryl methyl sites for hydroxylation is 1. The van der Waals surface area contributed by atoms with Gasteiger partial charge in [0, 0.05) is 6.42 Å². The number of nitrogens with zero attached hydrogens (tertiary/aromatic N) is 1. The van der Waals surface area contributed by atoms with Gasteiger partial charge in [-0.25, -0.2) is 0 Å². The van der Waals surface area contributed by atoms with Gasteiger partial charge in [0.1, 0.15) is 13.1 Å². The van der Waals surface area contributed by atoms with Gasteiger partial charge in [-0.1, -0.05) is 30.3 Å². The van der Waals surface area contributed by atoms with Crippen molar-refractivity contribution in [2.75, 3.05) is 13.1 Å². The number of benzene rings is 1. The van der Waals surface area contributed by atoms with Crippen molar-refractivity contribution in [2.24, 2.45) is 0 Å². The molecule has 3 amide bonds. The molecule has 0 atom stereocenters. The summed E-state index contributed by atoms with van der Waals surface area (Å²) in [6, 6.07) is 9.64. The van der Waals surface area contributed by atoms with E-state index in [9.17, 15) is 14.4 Å². The number of carbonyl (C=O) groups excluding carboxylic acids is 3. The quantitative estimate of drug-likeness (QED) is 0.769. The maximum Gasteiger partial charge on any atom is 0.246 e. The lowest BCUT2D eigenvalue weighted by molar-refractivity contribution is -0.145. The van der Waals surface area contributed by atoms with Crippen molar-refractivity contribution in [3.8, 4) is 0 Å². The second kappa shape index (κ2) is 5.44. The van der Waals surface area contributed by atoms with Gasteiger partial charge in [-0.15, -0.1) is 0 Å². The smallest absolute Gasteiger partial charge is 0.246 e. The van der Waals surface area contributed by atoms with E-state index in [4.69, 9.17) is 0 Å². The minimum absolute atomic E-state index is 0.0284. The Bertz CT molecular complexity index is 454. The molecule has 0 bridgehead atoms. The summed E-state index contributed by atoms with van der Waals surface area (Å²) in [7, 11) is 0. The summed E-state index contributed by atoms with van der Waals surface area (Å²) >= 11 is 0. The van der Waals surface area contributed by atoms with E-state index in [0.29, 0.717) is 12.8 Å². The molecule has 1 aromatic rings. The number of imide groups is 1. The second-order valence-electron chi connectivity index (χ2n) is 4.21. The number of hydrogen-bond acceptors (Lipinski definition) is 3. The Balaban J connectivity index is 1.88. The van der Waals surface area contributed by atoms with Crippen LogP contribution in [0.15, 0.2) is 30.3 Å². The van der Waals surface area contributed by atoms with Gasteiger partial charge in [0.15, 0.2) is 0 Å². The average Bonchev–Trinajstić information content (AvgIpc) is 2.36. The van der Waals surface area contributed by atoms with Crippen molar-refractivity contribution >= 4 is 17.7 Å². The van der Waals surface area contributed by atoms with Crippen LogP contribution in [0.1, 0.15) is 12.0 Å². The summed E-state index contributed by atoms with van der Waals surface area (Å²) < 4.78 is 0. The first-order valence-electron chi connectivity index (χ1n) is 5.79. The van der Waals surface area contributed by atoms with Crippen LogP contribution in [0.5, 0.6) is 0 Å². The summed E-state index contributed by atoms with van der Waals surface area (Å²) in [5.74, 6) is -0.999. The molecule has 1 fully saturated rings. The van der Waals surface area contributed by atoms with E-state index in [1.54, 1.807) is 0 Å². The van der Waals surface area contributed by atoms with E-state index < -0.39 is 11.8 Å². The predicted molar refractivity (Wildman–Crippen MR) is 64.5 cm³/mol. The van der Waals surface area contributed by atoms with E-state index >= 15 is 0 Å². The van der Waals surface area contributed by atoms with Crippen LogP contribution in [0.25, 0.3) is 0 Å². The van der Waals surface area contributed by atoms with Crippen molar-refractivity contribution in [3.63, 3.8) is 0 Å². The second-order valence-corrected chi connectivity index (χ2v) is 4.21. The fourth-order valence-corrected chi connectivity index (χ4v) is 1.87. The van der Waals surface area contributed by atoms with Gasteiger partial charge in [0.25, 0.3) is 0 Å². The van der Waals surface area contributed by atoms with Gasteiger partial charge in [-0.05, 0) is 12.0 Å². The Hall–Kier alpha value is -2.17. The van der Waals surface area contributed by atoms with E-state index in [1.807, 2.05) is 30.3 Å². The van der Waals surface area contributed by atoms with Gasteiger partial charge in [0.2, 0.25) is 17.7 Å². The summed E-state index contributed by atoms with van der Waals surface area (Å²) in [5, 5.41) is 2.17. The third-order valence-corrected chi connectivity index (χ3v) is 2.77. The fraction of sp³-hybridized carbons (Fsp3) is 0.308. The number of hydrogen-bond donors (Lipinski definition) is 1. The molecule has 1 N–H and O–H groups in total. The molecule has 0 saturated carbocycles. The Labute approximate surface area is 105 Å². The maximum absolute atomic E-state index is 11.9. The molecule has 2 rings (SSSR count). The Kier molecular flexibility index (Phi) is 3.72. The molecule has 1 aliphatic rings. The number of amides is 3. The van der Waals surface area contributed by atoms with Crippen LogP contribution in [0, 0.1) is 0 Å². The Morgan fingerprint density at radius 1 is 1.11 bits per heavy atom. The van der Waals surface area contributed by atoms with Crippen LogP contribution < -0.4 is 5.32 Å². The topological polar surface area (TPSA) is 66.5 Å². The van der Waals surface area contributed by atoms with Crippen LogP contribution in [0.4, 0.5) is 0 Å². The van der Waals surface area contributed by atoms with Crippen molar-refractivity contribution in [1.29, 1.82) is 0 Å². The lowest BCUT2D eigenvalue weighted by atomic mass is 10.1. The van der Waals surface area contributed by atoms with E-state index in [1.165, 1.54) is 4.90 Å². The highest BCUT2D eigenvalue weighted by Gasteiger charge is 2.25. The zero-order chi connectivity index (χ0) is 13.0. The summed E-state index contributed by atoms with van der Waals surface area (Å²) in [4.78, 5) is 35.4. The lowest BCUT2D eigenvalue weighted by Gasteiger charge is -2.25. The van der Waals surface area contributed by atoms with Crippen LogP contribution in [0.3, 0.4) is 0 Å². The van der Waals surface area contributed by atoms with Crippen molar-refractivity contribution in [2.45, 2.75) is 12.8 Å². The number of rotatable bonds is 3. The van der Waals surface area contributed by atoms with Gasteiger partial charge in [-0.3, -0.25) is 19.7 Å². The number of nitrogens with one attached hydrogen (secondary N) is 1. The zero-order valence-electron chi connectivity index (χ0n) is 9.89. The third kappa shape index (κ3) is 3.16. The SMILES string of the molecule is O=C1CN(C(=O)CCc2ccccc2)CC(=O)N1. The first-order valence-corrected chi connectivity index (χ1v) is 5.79. The van der Waals surface area contributed by atoms with Gasteiger partial charge >= 0.3 is 0 Å². The molecule has 5 nitrogen and oxygen atoms in total. The molecule has 1 aliphatic heterocycles. The minimum Gasteiger partial charge on any atom is -0.324 e. The molecular formula is C13H14N2O3. The molecule has 94 valence electrons. The summed E-state index contributed by atoms with van der Waals surface area (Å²) in [6.07, 6.45) is 0.927. The normalized spacial score (nSPS) is 15.4. The first kappa shape index (κ1) is 12.3. The molecule has 0 spiro atoms. The zero-order valence-corrected chi connectivity index (χ0v) is 9.89. The van der Waals surface area contributed by atoms with E-state index in [-0.39, 0.29) is 19.0 Å². The van der Waals surface area contributed by atoms with E-state index in [2.05, 4.69) is 5.32 Å². The lowest BCUT2D eigenvalue weighted by Crippen LogP contribution is -2.53. The van der Waals surface area contributed by atoms with Crippen LogP contribution in [-0.4, -0.2) is 35.7 Å². The fourth-order valence-electron chi connectivity index (χ4n) is 1.87. The minimum atomic E-state index is -0.417. The van der Waals surface area contributed by atoms with Crippen LogP contribution >= 0.6 is 0 Å². The highest BCUT2D eigenvalue weighted by atomic mass is 16.2. The summed E-state index contributed by atoms with van der Waals surface area (Å²) in [5.41, 5.74) is 1.07. The highest BCUT2D eigenvalue weighted by Crippen LogP contribution is 2.05. The highest BCUT2D eigenvalue weighted by molar-refractivity contribution is 6.02. The molecular weight excluding hydrogens is 232 g/mol. The molecule has 18 heavy (non-hydrogen) atoms. The van der Waals surface area contributed by atoms with Gasteiger partial charge in [0.05, 0.1) is 0 Å². The number of carbonyl (C=O) groups is 3.